The first-order valence-electron chi connectivity index (χ1n) is 6.99. The molecule has 0 aliphatic carbocycles. The topological polar surface area (TPSA) is 98.6 Å². The molecule has 0 aliphatic heterocycles. The molecule has 0 radical (unpaired) electrons. The number of aromatic amines is 1. The quantitative estimate of drug-likeness (QED) is 0.700. The molecule has 8 heteroatoms. The normalized spacial score (nSPS) is 10.5. The first-order valence-corrected chi connectivity index (χ1v) is 8.79. The summed E-state index contributed by atoms with van der Waals surface area (Å²) in [5, 5.41) is 12.5. The zero-order valence-corrected chi connectivity index (χ0v) is 14.3. The van der Waals surface area contributed by atoms with E-state index in [1.807, 2.05) is 25.1 Å². The van der Waals surface area contributed by atoms with E-state index < -0.39 is 11.5 Å². The van der Waals surface area contributed by atoms with Gasteiger partial charge in [0.2, 0.25) is 0 Å². The number of hydrogen-bond donors (Lipinski definition) is 2. The summed E-state index contributed by atoms with van der Waals surface area (Å²) in [6.45, 7) is 1.81. The van der Waals surface area contributed by atoms with Crippen LogP contribution in [0.15, 0.2) is 39.3 Å². The van der Waals surface area contributed by atoms with Crippen molar-refractivity contribution in [1.29, 1.82) is 5.26 Å². The number of nitrogens with zero attached hydrogens (tertiary/aromatic N) is 2. The Morgan fingerprint density at radius 3 is 3.04 bits per heavy atom. The number of aryl methyl sites for hydroxylation is 1. The Labute approximate surface area is 145 Å². The molecule has 0 aliphatic rings. The van der Waals surface area contributed by atoms with E-state index in [0.29, 0.717) is 16.4 Å². The molecular weight excluding hydrogens is 344 g/mol. The van der Waals surface area contributed by atoms with Gasteiger partial charge in [0.15, 0.2) is 5.13 Å². The number of rotatable bonds is 4. The largest absolute Gasteiger partial charge is 0.321 e. The number of nitrogens with one attached hydrogen (secondary N) is 2. The zero-order chi connectivity index (χ0) is 17.1. The molecule has 1 aromatic carbocycles. The van der Waals surface area contributed by atoms with Crippen LogP contribution in [0.5, 0.6) is 0 Å². The van der Waals surface area contributed by atoms with Gasteiger partial charge < -0.3 is 4.98 Å². The van der Waals surface area contributed by atoms with E-state index in [9.17, 15) is 9.59 Å². The highest BCUT2D eigenvalue weighted by atomic mass is 32.2. The number of benzene rings is 1. The van der Waals surface area contributed by atoms with Gasteiger partial charge in [0, 0.05) is 5.52 Å². The lowest BCUT2D eigenvalue weighted by Gasteiger charge is -2.03. The smallest absolute Gasteiger partial charge is 0.263 e. The number of fused-ring (bicyclic) bond motifs is 1. The van der Waals surface area contributed by atoms with Crippen LogP contribution < -0.4 is 10.9 Å². The van der Waals surface area contributed by atoms with Gasteiger partial charge in [-0.1, -0.05) is 41.3 Å². The number of nitriles is 1. The van der Waals surface area contributed by atoms with Gasteiger partial charge in [-0.05, 0) is 24.4 Å². The fourth-order valence-electron chi connectivity index (χ4n) is 2.15. The number of pyridine rings is 1. The number of aromatic nitrogens is 2. The van der Waals surface area contributed by atoms with Crippen molar-refractivity contribution in [3.05, 3.63) is 51.9 Å². The summed E-state index contributed by atoms with van der Waals surface area (Å²) in [7, 11) is 0. The zero-order valence-electron chi connectivity index (χ0n) is 12.6. The minimum Gasteiger partial charge on any atom is -0.321 e. The summed E-state index contributed by atoms with van der Waals surface area (Å²) in [6.07, 6.45) is 0. The second-order valence-electron chi connectivity index (χ2n) is 4.89. The van der Waals surface area contributed by atoms with Crippen molar-refractivity contribution in [1.82, 2.24) is 9.97 Å². The maximum absolute atomic E-state index is 12.4. The second kappa shape index (κ2) is 6.86. The minimum atomic E-state index is -0.507. The Balaban J connectivity index is 1.86. The van der Waals surface area contributed by atoms with Crippen LogP contribution >= 0.6 is 23.1 Å². The fourth-order valence-corrected chi connectivity index (χ4v) is 3.94. The summed E-state index contributed by atoms with van der Waals surface area (Å²) < 4.78 is 0.874. The van der Waals surface area contributed by atoms with Gasteiger partial charge in [0.05, 0.1) is 21.7 Å². The van der Waals surface area contributed by atoms with Gasteiger partial charge in [0.25, 0.3) is 11.5 Å². The molecule has 1 amide bonds. The van der Waals surface area contributed by atoms with E-state index in [1.165, 1.54) is 23.1 Å². The number of anilines is 1. The third kappa shape index (κ3) is 3.32. The van der Waals surface area contributed by atoms with Crippen molar-refractivity contribution in [2.24, 2.45) is 0 Å². The molecule has 0 bridgehead atoms. The third-order valence-electron chi connectivity index (χ3n) is 3.24. The van der Waals surface area contributed by atoms with Gasteiger partial charge in [-0.25, -0.2) is 4.98 Å². The number of thioether (sulfide) groups is 1. The monoisotopic (exact) mass is 356 g/mol. The number of carbonyl (C=O) groups excluding carboxylic acids is 1. The van der Waals surface area contributed by atoms with E-state index in [-0.39, 0.29) is 5.56 Å². The van der Waals surface area contributed by atoms with Gasteiger partial charge in [-0.15, -0.1) is 0 Å². The van der Waals surface area contributed by atoms with Crippen LogP contribution in [0.1, 0.15) is 16.1 Å². The maximum Gasteiger partial charge on any atom is 0.263 e. The van der Waals surface area contributed by atoms with Crippen molar-refractivity contribution >= 4 is 45.0 Å². The molecular formula is C16H12N4O2S2. The molecule has 0 spiro atoms. The van der Waals surface area contributed by atoms with Crippen molar-refractivity contribution in [3.63, 3.8) is 0 Å². The van der Waals surface area contributed by atoms with Crippen LogP contribution in [0, 0.1) is 18.3 Å². The Morgan fingerprint density at radius 1 is 1.46 bits per heavy atom. The van der Waals surface area contributed by atoms with Crippen molar-refractivity contribution in [2.45, 2.75) is 11.1 Å². The van der Waals surface area contributed by atoms with E-state index >= 15 is 0 Å². The van der Waals surface area contributed by atoms with Crippen molar-refractivity contribution in [3.8, 4) is 6.07 Å². The number of thiazole rings is 1. The van der Waals surface area contributed by atoms with Crippen LogP contribution in [-0.4, -0.2) is 21.6 Å². The highest BCUT2D eigenvalue weighted by Gasteiger charge is 2.15. The molecule has 24 heavy (non-hydrogen) atoms. The Bertz CT molecular complexity index is 1020. The van der Waals surface area contributed by atoms with E-state index in [1.54, 1.807) is 12.1 Å². The first-order chi connectivity index (χ1) is 11.6. The minimum absolute atomic E-state index is 0.0350. The van der Waals surface area contributed by atoms with Gasteiger partial charge in [-0.2, -0.15) is 5.26 Å². The summed E-state index contributed by atoms with van der Waals surface area (Å²) in [6, 6.07) is 10.9. The fraction of sp³-hybridized carbons (Fsp3) is 0.125. The van der Waals surface area contributed by atoms with Crippen LogP contribution in [0.3, 0.4) is 0 Å². The summed E-state index contributed by atoms with van der Waals surface area (Å²) >= 11 is 2.66. The highest BCUT2D eigenvalue weighted by Crippen LogP contribution is 2.31. The Kier molecular flexibility index (Phi) is 4.64. The molecule has 6 nitrogen and oxygen atoms in total. The molecule has 0 fully saturated rings. The number of hydrogen-bond acceptors (Lipinski definition) is 6. The molecule has 3 aromatic rings. The van der Waals surface area contributed by atoms with Gasteiger partial charge in [-0.3, -0.25) is 14.9 Å². The molecule has 120 valence electrons. The third-order valence-corrected chi connectivity index (χ3v) is 5.54. The molecule has 0 saturated heterocycles. The predicted octanol–water partition coefficient (Wildman–Crippen LogP) is 3.16. The number of H-pyrrole nitrogens is 1. The van der Waals surface area contributed by atoms with E-state index in [2.05, 4.69) is 21.4 Å². The average Bonchev–Trinajstić information content (AvgIpc) is 2.91. The molecule has 0 unspecified atom stereocenters. The standard InChI is InChI=1S/C16H12N4O2S2/c1-9-15(23-7-6-17)24-16(18-9)20-14(22)11-8-10-4-2-3-5-12(10)19-13(11)21/h2-5,8H,7H2,1H3,(H,19,21)(H,18,20,22). The van der Waals surface area contributed by atoms with Crippen LogP contribution in [-0.2, 0) is 0 Å². The molecule has 2 heterocycles. The van der Waals surface area contributed by atoms with Crippen molar-refractivity contribution < 1.29 is 4.79 Å². The average molecular weight is 356 g/mol. The lowest BCUT2D eigenvalue weighted by atomic mass is 10.1. The van der Waals surface area contributed by atoms with Gasteiger partial charge in [0.1, 0.15) is 5.56 Å². The summed E-state index contributed by atoms with van der Waals surface area (Å²) in [4.78, 5) is 31.5. The van der Waals surface area contributed by atoms with E-state index in [4.69, 9.17) is 5.26 Å². The van der Waals surface area contributed by atoms with Crippen LogP contribution in [0.25, 0.3) is 10.9 Å². The number of para-hydroxylation sites is 1. The summed E-state index contributed by atoms with van der Waals surface area (Å²) in [5.41, 5.74) is 1.02. The molecule has 0 atom stereocenters. The Morgan fingerprint density at radius 2 is 2.25 bits per heavy atom. The Hall–Kier alpha value is -2.63. The lowest BCUT2D eigenvalue weighted by Crippen LogP contribution is -2.22. The number of carbonyl (C=O) groups is 1. The van der Waals surface area contributed by atoms with Crippen LogP contribution in [0.2, 0.25) is 0 Å². The molecule has 2 N–H and O–H groups in total. The van der Waals surface area contributed by atoms with Gasteiger partial charge >= 0.3 is 0 Å². The summed E-state index contributed by atoms with van der Waals surface area (Å²) in [5.74, 6) is -0.187. The SMILES string of the molecule is Cc1nc(NC(=O)c2cc3ccccc3[nH]c2=O)sc1SCC#N. The van der Waals surface area contributed by atoms with Crippen LogP contribution in [0.4, 0.5) is 5.13 Å². The molecule has 0 saturated carbocycles. The van der Waals surface area contributed by atoms with E-state index in [0.717, 1.165) is 15.3 Å². The predicted molar refractivity (Wildman–Crippen MR) is 95.7 cm³/mol. The highest BCUT2D eigenvalue weighted by molar-refractivity contribution is 8.01. The van der Waals surface area contributed by atoms with Crippen molar-refractivity contribution in [2.75, 3.05) is 11.1 Å². The lowest BCUT2D eigenvalue weighted by molar-refractivity contribution is 0.102. The molecule has 2 aromatic heterocycles. The number of amides is 1. The molecule has 3 rings (SSSR count). The maximum atomic E-state index is 12.4. The first kappa shape index (κ1) is 16.2. The second-order valence-corrected chi connectivity index (χ2v) is 7.14.